The van der Waals surface area contributed by atoms with Crippen LogP contribution in [0.4, 0.5) is 0 Å². The Bertz CT molecular complexity index is 351. The van der Waals surface area contributed by atoms with Gasteiger partial charge in [-0.15, -0.1) is 0 Å². The first-order chi connectivity index (χ1) is 6.11. The van der Waals surface area contributed by atoms with Gasteiger partial charge in [-0.2, -0.15) is 0 Å². The summed E-state index contributed by atoms with van der Waals surface area (Å²) < 4.78 is 0. The highest BCUT2D eigenvalue weighted by atomic mass is 16.4. The van der Waals surface area contributed by atoms with Gasteiger partial charge in [-0.3, -0.25) is 0 Å². The van der Waals surface area contributed by atoms with Crippen molar-refractivity contribution < 1.29 is 9.90 Å². The van der Waals surface area contributed by atoms with Crippen molar-refractivity contribution >= 4 is 12.0 Å². The molecule has 2 heteroatoms. The summed E-state index contributed by atoms with van der Waals surface area (Å²) in [6.45, 7) is 3.95. The molecule has 1 aromatic carbocycles. The zero-order chi connectivity index (χ0) is 9.84. The number of benzene rings is 1. The van der Waals surface area contributed by atoms with E-state index in [0.717, 1.165) is 22.8 Å². The number of aryl methyl sites for hydroxylation is 1. The lowest BCUT2D eigenvalue weighted by Gasteiger charge is -2.03. The molecular weight excluding hydrogens is 164 g/mol. The molecule has 0 saturated carbocycles. The third kappa shape index (κ3) is 2.44. The minimum Gasteiger partial charge on any atom is -0.545 e. The lowest BCUT2D eigenvalue weighted by Crippen LogP contribution is -2.18. The molecule has 1 rings (SSSR count). The molecule has 0 bridgehead atoms. The van der Waals surface area contributed by atoms with Crippen molar-refractivity contribution in [2.45, 2.75) is 13.8 Å². The monoisotopic (exact) mass is 175 g/mol. The van der Waals surface area contributed by atoms with Gasteiger partial charge in [-0.05, 0) is 36.6 Å². The fourth-order valence-electron chi connectivity index (χ4n) is 1.11. The fraction of sp³-hybridized carbons (Fsp3) is 0.182. The van der Waals surface area contributed by atoms with Gasteiger partial charge in [-0.1, -0.05) is 24.3 Å². The van der Waals surface area contributed by atoms with Crippen LogP contribution in [0.2, 0.25) is 0 Å². The first kappa shape index (κ1) is 9.52. The van der Waals surface area contributed by atoms with Gasteiger partial charge in [0.25, 0.3) is 0 Å². The van der Waals surface area contributed by atoms with Crippen LogP contribution in [0.1, 0.15) is 16.7 Å². The molecule has 0 aliphatic heterocycles. The van der Waals surface area contributed by atoms with E-state index in [2.05, 4.69) is 0 Å². The number of aliphatic carboxylic acids is 1. The zero-order valence-corrected chi connectivity index (χ0v) is 7.70. The predicted octanol–water partition coefficient (Wildman–Crippen LogP) is 1.07. The second kappa shape index (κ2) is 3.90. The van der Waals surface area contributed by atoms with Crippen molar-refractivity contribution in [2.24, 2.45) is 0 Å². The van der Waals surface area contributed by atoms with Gasteiger partial charge in [0.15, 0.2) is 0 Å². The van der Waals surface area contributed by atoms with Crippen LogP contribution in [-0.2, 0) is 4.79 Å². The van der Waals surface area contributed by atoms with Gasteiger partial charge < -0.3 is 9.90 Å². The maximum Gasteiger partial charge on any atom is 0.0643 e. The van der Waals surface area contributed by atoms with E-state index in [4.69, 9.17) is 0 Å². The van der Waals surface area contributed by atoms with Crippen molar-refractivity contribution in [1.82, 2.24) is 0 Å². The normalized spacial score (nSPS) is 10.6. The molecule has 0 amide bonds. The lowest BCUT2D eigenvalue weighted by atomic mass is 10.0. The molecule has 0 unspecified atom stereocenters. The number of carboxylic acid groups (broad SMARTS) is 1. The quantitative estimate of drug-likeness (QED) is 0.631. The van der Waals surface area contributed by atoms with E-state index in [0.29, 0.717) is 0 Å². The minimum atomic E-state index is -1.17. The third-order valence-corrected chi connectivity index (χ3v) is 2.05. The number of carbonyl (C=O) groups is 1. The molecule has 0 N–H and O–H groups in total. The summed E-state index contributed by atoms with van der Waals surface area (Å²) in [5.74, 6) is -1.17. The summed E-state index contributed by atoms with van der Waals surface area (Å²) in [5, 5.41) is 10.2. The Morgan fingerprint density at radius 3 is 2.69 bits per heavy atom. The highest BCUT2D eigenvalue weighted by molar-refractivity contribution is 5.83. The molecule has 2 nitrogen and oxygen atoms in total. The van der Waals surface area contributed by atoms with E-state index in [1.807, 2.05) is 32.0 Å². The van der Waals surface area contributed by atoms with Gasteiger partial charge in [0.2, 0.25) is 0 Å². The van der Waals surface area contributed by atoms with E-state index in [9.17, 15) is 9.90 Å². The molecule has 0 saturated heterocycles. The summed E-state index contributed by atoms with van der Waals surface area (Å²) >= 11 is 0. The van der Waals surface area contributed by atoms with Gasteiger partial charge in [0.1, 0.15) is 0 Å². The summed E-state index contributed by atoms with van der Waals surface area (Å²) in [4.78, 5) is 10.2. The topological polar surface area (TPSA) is 40.1 Å². The van der Waals surface area contributed by atoms with Crippen molar-refractivity contribution in [3.63, 3.8) is 0 Å². The highest BCUT2D eigenvalue weighted by Gasteiger charge is 1.95. The number of rotatable bonds is 2. The third-order valence-electron chi connectivity index (χ3n) is 2.05. The number of carbonyl (C=O) groups excluding carboxylic acids is 1. The smallest absolute Gasteiger partial charge is 0.0643 e. The maximum absolute atomic E-state index is 10.2. The van der Waals surface area contributed by atoms with E-state index in [1.165, 1.54) is 0 Å². The van der Waals surface area contributed by atoms with Crippen LogP contribution in [0.3, 0.4) is 0 Å². The Hall–Kier alpha value is -1.57. The fourth-order valence-corrected chi connectivity index (χ4v) is 1.11. The largest absolute Gasteiger partial charge is 0.545 e. The van der Waals surface area contributed by atoms with E-state index in [1.54, 1.807) is 6.08 Å². The second-order valence-electron chi connectivity index (χ2n) is 2.94. The molecule has 0 aromatic heterocycles. The molecule has 0 aliphatic rings. The molecule has 0 radical (unpaired) electrons. The zero-order valence-electron chi connectivity index (χ0n) is 7.70. The Morgan fingerprint density at radius 2 is 2.08 bits per heavy atom. The molecule has 0 aliphatic carbocycles. The van der Waals surface area contributed by atoms with Crippen LogP contribution in [-0.4, -0.2) is 5.97 Å². The van der Waals surface area contributed by atoms with Crippen molar-refractivity contribution in [2.75, 3.05) is 0 Å². The van der Waals surface area contributed by atoms with Crippen LogP contribution < -0.4 is 5.11 Å². The molecule has 0 atom stereocenters. The van der Waals surface area contributed by atoms with Gasteiger partial charge in [-0.25, -0.2) is 0 Å². The standard InChI is InChI=1S/C11H12O2/c1-8-4-3-5-10(9(8)2)6-7-11(12)13/h3-7H,1-2H3,(H,12,13)/p-1/b7-6+. The van der Waals surface area contributed by atoms with Crippen LogP contribution >= 0.6 is 0 Å². The molecule has 1 aromatic rings. The molecule has 68 valence electrons. The van der Waals surface area contributed by atoms with Crippen LogP contribution in [0.5, 0.6) is 0 Å². The van der Waals surface area contributed by atoms with Crippen molar-refractivity contribution in [3.8, 4) is 0 Å². The lowest BCUT2D eigenvalue weighted by molar-refractivity contribution is -0.297. The Labute approximate surface area is 77.5 Å². The van der Waals surface area contributed by atoms with Gasteiger partial charge in [0, 0.05) is 0 Å². The van der Waals surface area contributed by atoms with Crippen LogP contribution in [0.25, 0.3) is 6.08 Å². The number of hydrogen-bond donors (Lipinski definition) is 0. The maximum atomic E-state index is 10.2. The van der Waals surface area contributed by atoms with Crippen LogP contribution in [0.15, 0.2) is 24.3 Å². The summed E-state index contributed by atoms with van der Waals surface area (Å²) in [5.41, 5.74) is 3.17. The SMILES string of the molecule is Cc1cccc(/C=C/C(=O)[O-])c1C. The average molecular weight is 175 g/mol. The summed E-state index contributed by atoms with van der Waals surface area (Å²) in [6.07, 6.45) is 2.60. The van der Waals surface area contributed by atoms with Crippen molar-refractivity contribution in [3.05, 3.63) is 41.0 Å². The summed E-state index contributed by atoms with van der Waals surface area (Å²) in [6, 6.07) is 5.77. The molecular formula is C11H11O2-. The van der Waals surface area contributed by atoms with Gasteiger partial charge >= 0.3 is 0 Å². The number of carboxylic acids is 1. The first-order valence-corrected chi connectivity index (χ1v) is 4.06. The number of hydrogen-bond acceptors (Lipinski definition) is 2. The van der Waals surface area contributed by atoms with E-state index >= 15 is 0 Å². The van der Waals surface area contributed by atoms with Crippen molar-refractivity contribution in [1.29, 1.82) is 0 Å². The predicted molar refractivity (Wildman–Crippen MR) is 50.0 cm³/mol. The Morgan fingerprint density at radius 1 is 1.38 bits per heavy atom. The highest BCUT2D eigenvalue weighted by Crippen LogP contribution is 2.13. The molecule has 0 fully saturated rings. The second-order valence-corrected chi connectivity index (χ2v) is 2.94. The molecule has 0 heterocycles. The van der Waals surface area contributed by atoms with Gasteiger partial charge in [0.05, 0.1) is 5.97 Å². The Balaban J connectivity index is 3.02. The van der Waals surface area contributed by atoms with E-state index in [-0.39, 0.29) is 0 Å². The Kier molecular flexibility index (Phi) is 2.85. The molecule has 0 spiro atoms. The van der Waals surface area contributed by atoms with E-state index < -0.39 is 5.97 Å². The summed E-state index contributed by atoms with van der Waals surface area (Å²) in [7, 11) is 0. The average Bonchev–Trinajstić information content (AvgIpc) is 2.07. The minimum absolute atomic E-state index is 0.921. The molecule has 13 heavy (non-hydrogen) atoms. The first-order valence-electron chi connectivity index (χ1n) is 4.06. The van der Waals surface area contributed by atoms with Crippen LogP contribution in [0, 0.1) is 13.8 Å².